The number of fused-ring (bicyclic) bond motifs is 1. The predicted molar refractivity (Wildman–Crippen MR) is 120 cm³/mol. The van der Waals surface area contributed by atoms with Crippen LogP contribution < -0.4 is 0 Å². The van der Waals surface area contributed by atoms with Crippen LogP contribution in [-0.4, -0.2) is 26.0 Å². The molecule has 0 aliphatic rings. The van der Waals surface area contributed by atoms with Gasteiger partial charge in [-0.25, -0.2) is 14.2 Å². The first kappa shape index (κ1) is 24.8. The second-order valence-corrected chi connectivity index (χ2v) is 6.86. The van der Waals surface area contributed by atoms with E-state index in [-0.39, 0.29) is 38.4 Å². The van der Waals surface area contributed by atoms with Crippen LogP contribution >= 0.6 is 0 Å². The molecule has 5 aromatic rings. The number of rotatable bonds is 3. The molecule has 0 amide bonds. The first-order valence-corrected chi connectivity index (χ1v) is 9.86. The Bertz CT molecular complexity index is 1310. The molecule has 0 spiro atoms. The Balaban J connectivity index is 0.000000275. The molecule has 0 radical (unpaired) electrons. The van der Waals surface area contributed by atoms with E-state index in [2.05, 4.69) is 21.0 Å². The average Bonchev–Trinajstić information content (AvgIpc) is 2.85. The molecule has 0 saturated heterocycles. The second kappa shape index (κ2) is 11.3. The molecule has 1 N–H and O–H groups in total. The number of carbonyl (C=O) groups is 1. The van der Waals surface area contributed by atoms with Crippen LogP contribution in [0, 0.1) is 17.7 Å². The van der Waals surface area contributed by atoms with E-state index in [1.54, 1.807) is 30.3 Å². The van der Waals surface area contributed by atoms with Crippen molar-refractivity contribution in [3.63, 3.8) is 0 Å². The van der Waals surface area contributed by atoms with Crippen LogP contribution in [0.3, 0.4) is 0 Å². The maximum absolute atomic E-state index is 13.2. The minimum Gasteiger partial charge on any atom is -0.477 e. The average molecular weight is 636 g/mol. The van der Waals surface area contributed by atoms with Crippen molar-refractivity contribution in [2.45, 2.75) is 0 Å². The van der Waals surface area contributed by atoms with Gasteiger partial charge >= 0.3 is 5.97 Å². The summed E-state index contributed by atoms with van der Waals surface area (Å²) >= 11 is 0. The third-order valence-corrected chi connectivity index (χ3v) is 4.60. The summed E-state index contributed by atoms with van der Waals surface area (Å²) in [5.41, 5.74) is 4.12. The molecule has 0 fully saturated rings. The van der Waals surface area contributed by atoms with E-state index in [4.69, 9.17) is 5.11 Å². The zero-order chi connectivity index (χ0) is 23.2. The molecule has 5 nitrogen and oxygen atoms in total. The van der Waals surface area contributed by atoms with Crippen molar-refractivity contribution < 1.29 is 39.7 Å². The van der Waals surface area contributed by atoms with Gasteiger partial charge in [-0.1, -0.05) is 30.3 Å². The molecule has 5 rings (SSSR count). The summed E-state index contributed by atoms with van der Waals surface area (Å²) in [6, 6.07) is 25.4. The molecule has 0 atom stereocenters. The molecule has 34 heavy (non-hydrogen) atoms. The molecule has 0 saturated carbocycles. The maximum Gasteiger partial charge on any atom is 0.354 e. The Morgan fingerprint density at radius 3 is 1.91 bits per heavy atom. The minimum absolute atomic E-state index is 0. The first-order chi connectivity index (χ1) is 16.0. The van der Waals surface area contributed by atoms with Gasteiger partial charge in [-0.15, -0.1) is 29.8 Å². The van der Waals surface area contributed by atoms with Gasteiger partial charge in [0.1, 0.15) is 11.5 Å². The van der Waals surface area contributed by atoms with E-state index in [1.165, 1.54) is 36.5 Å². The van der Waals surface area contributed by atoms with Crippen LogP contribution in [0.1, 0.15) is 10.5 Å². The number of carboxylic acids is 1. The SMILES string of the molecule is Fc1c[c-]c(-c2nc3ccccc3nc2-c2ccc(F)cc2)cc1.O=C(O)c1ccccn1.[Pt]. The number of nitrogens with zero attached hydrogens (tertiary/aromatic N) is 3. The van der Waals surface area contributed by atoms with Gasteiger partial charge in [-0.3, -0.25) is 14.4 Å². The van der Waals surface area contributed by atoms with Crippen molar-refractivity contribution >= 4 is 17.0 Å². The van der Waals surface area contributed by atoms with Crippen molar-refractivity contribution in [2.24, 2.45) is 0 Å². The summed E-state index contributed by atoms with van der Waals surface area (Å²) in [6.45, 7) is 0. The smallest absolute Gasteiger partial charge is 0.354 e. The van der Waals surface area contributed by atoms with Crippen LogP contribution in [0.2, 0.25) is 0 Å². The van der Waals surface area contributed by atoms with E-state index in [1.807, 2.05) is 24.3 Å². The minimum atomic E-state index is -0.990. The summed E-state index contributed by atoms with van der Waals surface area (Å²) in [5, 5.41) is 8.32. The van der Waals surface area contributed by atoms with Gasteiger partial charge in [-0.2, -0.15) is 0 Å². The summed E-state index contributed by atoms with van der Waals surface area (Å²) in [7, 11) is 0. The Morgan fingerprint density at radius 1 is 0.765 bits per heavy atom. The molecule has 2 aromatic heterocycles. The van der Waals surface area contributed by atoms with Crippen LogP contribution in [0.25, 0.3) is 33.5 Å². The van der Waals surface area contributed by atoms with Crippen molar-refractivity contribution in [1.29, 1.82) is 0 Å². The largest absolute Gasteiger partial charge is 0.477 e. The number of pyridine rings is 1. The first-order valence-electron chi connectivity index (χ1n) is 9.86. The van der Waals surface area contributed by atoms with E-state index in [0.29, 0.717) is 17.0 Å². The van der Waals surface area contributed by atoms with Crippen LogP contribution in [-0.2, 0) is 21.1 Å². The van der Waals surface area contributed by atoms with Gasteiger partial charge in [0.05, 0.1) is 16.7 Å². The topological polar surface area (TPSA) is 76.0 Å². The number of para-hydroxylation sites is 2. The monoisotopic (exact) mass is 635 g/mol. The zero-order valence-corrected chi connectivity index (χ0v) is 19.7. The number of benzene rings is 3. The Morgan fingerprint density at radius 2 is 1.38 bits per heavy atom. The van der Waals surface area contributed by atoms with Crippen molar-refractivity contribution in [3.05, 3.63) is 115 Å². The number of aromatic nitrogens is 3. The molecule has 172 valence electrons. The van der Waals surface area contributed by atoms with Gasteiger partial charge in [0.15, 0.2) is 0 Å². The van der Waals surface area contributed by atoms with Gasteiger partial charge < -0.3 is 5.11 Å². The quantitative estimate of drug-likeness (QED) is 0.253. The fraction of sp³-hybridized carbons (Fsp3) is 0. The number of hydrogen-bond acceptors (Lipinski definition) is 4. The van der Waals surface area contributed by atoms with Crippen molar-refractivity contribution in [3.8, 4) is 22.5 Å². The fourth-order valence-corrected chi connectivity index (χ4v) is 3.04. The van der Waals surface area contributed by atoms with Crippen molar-refractivity contribution in [1.82, 2.24) is 15.0 Å². The molecule has 3 aromatic carbocycles. The Hall–Kier alpha value is -3.83. The number of carboxylic acid groups (broad SMARTS) is 1. The number of aromatic carboxylic acids is 1. The zero-order valence-electron chi connectivity index (χ0n) is 17.4. The number of hydrogen-bond donors (Lipinski definition) is 1. The third kappa shape index (κ3) is 5.94. The van der Waals surface area contributed by atoms with Crippen LogP contribution in [0.5, 0.6) is 0 Å². The van der Waals surface area contributed by atoms with Crippen LogP contribution in [0.15, 0.2) is 91.1 Å². The van der Waals surface area contributed by atoms with Gasteiger partial charge in [0.25, 0.3) is 0 Å². The third-order valence-electron chi connectivity index (χ3n) is 4.60. The maximum atomic E-state index is 13.2. The molecule has 0 bridgehead atoms. The Kier molecular flexibility index (Phi) is 8.28. The molecular formula is C26H16F2N3O2Pt-. The predicted octanol–water partition coefficient (Wildman–Crippen LogP) is 5.82. The molecule has 2 heterocycles. The normalized spacial score (nSPS) is 10.1. The number of halogens is 2. The van der Waals surface area contributed by atoms with Crippen LogP contribution in [0.4, 0.5) is 8.78 Å². The fourth-order valence-electron chi connectivity index (χ4n) is 3.04. The van der Waals surface area contributed by atoms with E-state index in [9.17, 15) is 13.6 Å². The Labute approximate surface area is 208 Å². The van der Waals surface area contributed by atoms with Gasteiger partial charge in [0.2, 0.25) is 0 Å². The summed E-state index contributed by atoms with van der Waals surface area (Å²) in [4.78, 5) is 23.1. The van der Waals surface area contributed by atoms with Crippen molar-refractivity contribution in [2.75, 3.05) is 0 Å². The van der Waals surface area contributed by atoms with E-state index >= 15 is 0 Å². The standard InChI is InChI=1S/C20H11F2N2.C6H5NO2.Pt/c21-15-9-5-13(6-10-15)19-20(14-7-11-16(22)12-8-14)24-18-4-2-1-3-17(18)23-19;8-6(9)5-3-1-2-4-7-5;/h1-7,9-12H;1-4H,(H,8,9);/q-1;;. The summed E-state index contributed by atoms with van der Waals surface area (Å²) in [6.07, 6.45) is 1.45. The summed E-state index contributed by atoms with van der Waals surface area (Å²) < 4.78 is 26.5. The molecule has 0 aliphatic carbocycles. The van der Waals surface area contributed by atoms with E-state index < -0.39 is 5.97 Å². The molecule has 8 heteroatoms. The van der Waals surface area contributed by atoms with Gasteiger partial charge in [-0.05, 0) is 42.0 Å². The molecular weight excluding hydrogens is 619 g/mol. The second-order valence-electron chi connectivity index (χ2n) is 6.86. The summed E-state index contributed by atoms with van der Waals surface area (Å²) in [5.74, 6) is -1.67. The molecule has 0 aliphatic heterocycles. The van der Waals surface area contributed by atoms with Gasteiger partial charge in [0, 0.05) is 38.8 Å². The van der Waals surface area contributed by atoms with E-state index in [0.717, 1.165) is 16.6 Å². The molecule has 0 unspecified atom stereocenters.